The zero-order valence-corrected chi connectivity index (χ0v) is 18.6. The van der Waals surface area contributed by atoms with Crippen molar-refractivity contribution in [1.29, 1.82) is 0 Å². The van der Waals surface area contributed by atoms with E-state index in [0.29, 0.717) is 40.4 Å². The molecule has 0 saturated heterocycles. The van der Waals surface area contributed by atoms with Crippen LogP contribution in [0, 0.1) is 5.82 Å². The van der Waals surface area contributed by atoms with Crippen LogP contribution >= 0.6 is 0 Å². The van der Waals surface area contributed by atoms with E-state index in [-0.39, 0.29) is 17.3 Å². The van der Waals surface area contributed by atoms with Gasteiger partial charge in [-0.25, -0.2) is 4.39 Å². The lowest BCUT2D eigenvalue weighted by atomic mass is 10.1. The summed E-state index contributed by atoms with van der Waals surface area (Å²) in [4.78, 5) is 32.5. The van der Waals surface area contributed by atoms with E-state index >= 15 is 0 Å². The average molecular weight is 494 g/mol. The van der Waals surface area contributed by atoms with Gasteiger partial charge in [0.15, 0.2) is 0 Å². The molecule has 2 aromatic carbocycles. The van der Waals surface area contributed by atoms with Crippen LogP contribution in [0.3, 0.4) is 0 Å². The van der Waals surface area contributed by atoms with Crippen LogP contribution in [-0.4, -0.2) is 34.5 Å². The molecule has 0 aliphatic carbocycles. The molecular formula is C26H18F4N4O2. The molecule has 0 unspecified atom stereocenters. The van der Waals surface area contributed by atoms with Gasteiger partial charge in [-0.1, -0.05) is 12.1 Å². The van der Waals surface area contributed by atoms with E-state index in [0.717, 1.165) is 35.5 Å². The molecular weight excluding hydrogens is 476 g/mol. The highest BCUT2D eigenvalue weighted by Gasteiger charge is 2.43. The van der Waals surface area contributed by atoms with Crippen LogP contribution in [0.2, 0.25) is 0 Å². The molecule has 36 heavy (non-hydrogen) atoms. The topological polar surface area (TPSA) is 78.1 Å². The Kier molecular flexibility index (Phi) is 5.79. The van der Waals surface area contributed by atoms with Crippen molar-refractivity contribution in [3.63, 3.8) is 0 Å². The number of nitrogens with one attached hydrogen (secondary N) is 2. The van der Waals surface area contributed by atoms with Gasteiger partial charge in [0.25, 0.3) is 5.91 Å². The summed E-state index contributed by atoms with van der Waals surface area (Å²) in [7, 11) is 0. The number of halogens is 4. The standard InChI is InChI=1S/C26H18F4N4O2/c27-17-4-6-18(7-5-17)34(25(36)26(28,29)30)19-3-1-2-15(12-19)22-13-16(8-10-31-22)23-14-20-21(33-23)9-11-32-24(20)35/h1-8,10,12-14,33H,9,11H2,(H,32,35). The molecule has 5 rings (SSSR count). The van der Waals surface area contributed by atoms with Gasteiger partial charge in [0, 0.05) is 53.1 Å². The third-order valence-corrected chi connectivity index (χ3v) is 5.81. The van der Waals surface area contributed by atoms with E-state index < -0.39 is 17.9 Å². The van der Waals surface area contributed by atoms with Gasteiger partial charge in [-0.05, 0) is 54.6 Å². The highest BCUT2D eigenvalue weighted by atomic mass is 19.4. The number of rotatable bonds is 4. The Morgan fingerprint density at radius 1 is 0.944 bits per heavy atom. The first-order valence-corrected chi connectivity index (χ1v) is 10.9. The molecule has 182 valence electrons. The number of H-pyrrole nitrogens is 1. The van der Waals surface area contributed by atoms with Crippen LogP contribution in [-0.2, 0) is 11.2 Å². The molecule has 0 atom stereocenters. The van der Waals surface area contributed by atoms with Gasteiger partial charge < -0.3 is 10.3 Å². The van der Waals surface area contributed by atoms with Crippen LogP contribution in [0.1, 0.15) is 16.1 Å². The molecule has 0 bridgehead atoms. The molecule has 0 spiro atoms. The second-order valence-corrected chi connectivity index (χ2v) is 8.18. The summed E-state index contributed by atoms with van der Waals surface area (Å²) in [6, 6.07) is 15.3. The van der Waals surface area contributed by atoms with Crippen molar-refractivity contribution >= 4 is 23.2 Å². The van der Waals surface area contributed by atoms with Crippen molar-refractivity contribution in [2.24, 2.45) is 0 Å². The van der Waals surface area contributed by atoms with E-state index in [1.54, 1.807) is 30.5 Å². The minimum Gasteiger partial charge on any atom is -0.358 e. The fraction of sp³-hybridized carbons (Fsp3) is 0.115. The number of aromatic nitrogens is 2. The maximum atomic E-state index is 13.4. The number of alkyl halides is 3. The largest absolute Gasteiger partial charge is 0.472 e. The van der Waals surface area contributed by atoms with Crippen LogP contribution < -0.4 is 10.2 Å². The summed E-state index contributed by atoms with van der Waals surface area (Å²) in [5.74, 6) is -2.91. The molecule has 1 aliphatic heterocycles. The highest BCUT2D eigenvalue weighted by Crippen LogP contribution is 2.34. The van der Waals surface area contributed by atoms with Crippen LogP contribution in [0.25, 0.3) is 22.5 Å². The lowest BCUT2D eigenvalue weighted by Gasteiger charge is -2.24. The predicted octanol–water partition coefficient (Wildman–Crippen LogP) is 5.40. The van der Waals surface area contributed by atoms with Crippen molar-refractivity contribution in [2.75, 3.05) is 11.4 Å². The summed E-state index contributed by atoms with van der Waals surface area (Å²) in [6.45, 7) is 0.543. The van der Waals surface area contributed by atoms with Gasteiger partial charge in [-0.15, -0.1) is 0 Å². The summed E-state index contributed by atoms with van der Waals surface area (Å²) in [5, 5.41) is 2.79. The molecule has 10 heteroatoms. The second kappa shape index (κ2) is 8.95. The van der Waals surface area contributed by atoms with Crippen LogP contribution in [0.4, 0.5) is 28.9 Å². The lowest BCUT2D eigenvalue weighted by Crippen LogP contribution is -2.38. The first-order chi connectivity index (χ1) is 17.2. The van der Waals surface area contributed by atoms with E-state index in [4.69, 9.17) is 0 Å². The van der Waals surface area contributed by atoms with Crippen molar-refractivity contribution in [3.05, 3.63) is 90.0 Å². The van der Waals surface area contributed by atoms with Gasteiger partial charge in [0.2, 0.25) is 0 Å². The lowest BCUT2D eigenvalue weighted by molar-refractivity contribution is -0.169. The summed E-state index contributed by atoms with van der Waals surface area (Å²) in [5.41, 5.74) is 3.56. The fourth-order valence-electron chi connectivity index (χ4n) is 4.11. The van der Waals surface area contributed by atoms with Gasteiger partial charge in [-0.2, -0.15) is 13.2 Å². The number of nitrogens with zero attached hydrogens (tertiary/aromatic N) is 2. The number of hydrogen-bond acceptors (Lipinski definition) is 3. The van der Waals surface area contributed by atoms with E-state index in [9.17, 15) is 27.2 Å². The van der Waals surface area contributed by atoms with Crippen LogP contribution in [0.5, 0.6) is 0 Å². The summed E-state index contributed by atoms with van der Waals surface area (Å²) < 4.78 is 53.7. The SMILES string of the molecule is O=C1NCCc2[nH]c(-c3ccnc(-c4cccc(N(C(=O)C(F)(F)F)c5ccc(F)cc5)c4)c3)cc21. The number of amides is 2. The number of fused-ring (bicyclic) bond motifs is 1. The molecule has 6 nitrogen and oxygen atoms in total. The van der Waals surface area contributed by atoms with E-state index in [1.807, 2.05) is 0 Å². The van der Waals surface area contributed by atoms with Gasteiger partial charge in [0.1, 0.15) is 5.82 Å². The molecule has 4 aromatic rings. The van der Waals surface area contributed by atoms with Gasteiger partial charge in [0.05, 0.1) is 11.3 Å². The number of pyridine rings is 1. The van der Waals surface area contributed by atoms with E-state index in [2.05, 4.69) is 15.3 Å². The van der Waals surface area contributed by atoms with Crippen molar-refractivity contribution in [2.45, 2.75) is 12.6 Å². The molecule has 3 heterocycles. The molecule has 2 amide bonds. The number of carbonyl (C=O) groups excluding carboxylic acids is 2. The third-order valence-electron chi connectivity index (χ3n) is 5.81. The van der Waals surface area contributed by atoms with Crippen LogP contribution in [0.15, 0.2) is 72.9 Å². The zero-order valence-electron chi connectivity index (χ0n) is 18.6. The number of anilines is 2. The quantitative estimate of drug-likeness (QED) is 0.373. The molecule has 2 N–H and O–H groups in total. The Morgan fingerprint density at radius 2 is 1.72 bits per heavy atom. The maximum absolute atomic E-state index is 13.4. The Bertz CT molecular complexity index is 1460. The first-order valence-electron chi connectivity index (χ1n) is 10.9. The molecule has 1 aliphatic rings. The molecule has 2 aromatic heterocycles. The Balaban J connectivity index is 1.54. The average Bonchev–Trinajstić information content (AvgIpc) is 3.31. The molecule has 0 saturated carbocycles. The van der Waals surface area contributed by atoms with Gasteiger partial charge >= 0.3 is 12.1 Å². The number of hydrogen-bond donors (Lipinski definition) is 2. The van der Waals surface area contributed by atoms with Crippen molar-refractivity contribution in [3.8, 4) is 22.5 Å². The number of benzene rings is 2. The summed E-state index contributed by atoms with van der Waals surface area (Å²) in [6.07, 6.45) is -2.93. The minimum absolute atomic E-state index is 0.0550. The zero-order chi connectivity index (χ0) is 25.4. The predicted molar refractivity (Wildman–Crippen MR) is 125 cm³/mol. The third kappa shape index (κ3) is 4.45. The Hall–Kier alpha value is -4.47. The Morgan fingerprint density at radius 3 is 2.44 bits per heavy atom. The number of aromatic amines is 1. The fourth-order valence-corrected chi connectivity index (χ4v) is 4.11. The molecule has 0 fully saturated rings. The number of carbonyl (C=O) groups is 2. The normalized spacial score (nSPS) is 13.2. The summed E-state index contributed by atoms with van der Waals surface area (Å²) >= 11 is 0. The van der Waals surface area contributed by atoms with Gasteiger partial charge in [-0.3, -0.25) is 19.5 Å². The highest BCUT2D eigenvalue weighted by molar-refractivity contribution is 6.04. The van der Waals surface area contributed by atoms with E-state index in [1.165, 1.54) is 18.2 Å². The van der Waals surface area contributed by atoms with Crippen molar-refractivity contribution < 1.29 is 27.2 Å². The molecule has 0 radical (unpaired) electrons. The first kappa shape index (κ1) is 23.3. The smallest absolute Gasteiger partial charge is 0.358 e. The second-order valence-electron chi connectivity index (χ2n) is 8.18. The maximum Gasteiger partial charge on any atom is 0.472 e. The Labute approximate surface area is 202 Å². The minimum atomic E-state index is -5.15. The monoisotopic (exact) mass is 494 g/mol. The van der Waals surface area contributed by atoms with Crippen molar-refractivity contribution in [1.82, 2.24) is 15.3 Å².